The summed E-state index contributed by atoms with van der Waals surface area (Å²) in [4.78, 5) is 0. The molecule has 174 valence electrons. The van der Waals surface area contributed by atoms with E-state index in [0.29, 0.717) is 18.8 Å². The largest absolute Gasteiger partial charge is 0.397 e. The van der Waals surface area contributed by atoms with Crippen LogP contribution in [0, 0.1) is 22.7 Å². The van der Waals surface area contributed by atoms with Gasteiger partial charge in [0.25, 0.3) is 0 Å². The maximum absolute atomic E-state index is 11.6. The van der Waals surface area contributed by atoms with Gasteiger partial charge in [0.1, 0.15) is 0 Å². The Balaban J connectivity index is 1.70. The van der Waals surface area contributed by atoms with Crippen molar-refractivity contribution in [1.29, 1.82) is 0 Å². The summed E-state index contributed by atoms with van der Waals surface area (Å²) >= 11 is 0. The monoisotopic (exact) mass is 448 g/mol. The van der Waals surface area contributed by atoms with Crippen LogP contribution in [-0.4, -0.2) is 19.1 Å². The molecule has 0 saturated heterocycles. The van der Waals surface area contributed by atoms with E-state index in [1.807, 2.05) is 18.2 Å². The second-order valence-corrected chi connectivity index (χ2v) is 11.8. The highest BCUT2D eigenvalue weighted by Gasteiger charge is 2.52. The Labute approximate surface area is 189 Å². The van der Waals surface area contributed by atoms with Crippen LogP contribution in [0.4, 0.5) is 0 Å². The molecule has 0 aliphatic heterocycles. The first-order chi connectivity index (χ1) is 14.5. The third-order valence-corrected chi connectivity index (χ3v) is 8.65. The molecule has 3 rings (SSSR count). The van der Waals surface area contributed by atoms with Gasteiger partial charge >= 0.3 is 10.4 Å². The van der Waals surface area contributed by atoms with Crippen molar-refractivity contribution in [3.8, 4) is 0 Å². The fraction of sp³-hybridized carbons (Fsp3) is 0.692. The SMILES string of the molecule is CC1=CC[C@H]2C(C)(C)CCC[C@]2(C)[C@H]1CC(CCCCc1ccccc1)OS(=O)(=O)O. The summed E-state index contributed by atoms with van der Waals surface area (Å²) < 4.78 is 37.9. The molecule has 31 heavy (non-hydrogen) atoms. The Kier molecular flexibility index (Phi) is 7.71. The molecule has 0 radical (unpaired) electrons. The molecule has 2 aliphatic rings. The van der Waals surface area contributed by atoms with E-state index in [4.69, 9.17) is 4.18 Å². The van der Waals surface area contributed by atoms with Crippen LogP contribution < -0.4 is 0 Å². The van der Waals surface area contributed by atoms with E-state index < -0.39 is 16.5 Å². The van der Waals surface area contributed by atoms with Gasteiger partial charge in [-0.05, 0) is 80.1 Å². The Morgan fingerprint density at radius 2 is 1.84 bits per heavy atom. The Morgan fingerprint density at radius 3 is 2.52 bits per heavy atom. The predicted molar refractivity (Wildman–Crippen MR) is 126 cm³/mol. The van der Waals surface area contributed by atoms with E-state index in [9.17, 15) is 13.0 Å². The highest BCUT2D eigenvalue weighted by Crippen LogP contribution is 2.60. The fourth-order valence-electron chi connectivity index (χ4n) is 6.58. The molecule has 2 aliphatic carbocycles. The van der Waals surface area contributed by atoms with E-state index in [0.717, 1.165) is 25.7 Å². The van der Waals surface area contributed by atoms with Gasteiger partial charge in [-0.2, -0.15) is 8.42 Å². The quantitative estimate of drug-likeness (QED) is 0.257. The van der Waals surface area contributed by atoms with Crippen LogP contribution in [0.15, 0.2) is 42.0 Å². The molecule has 4 nitrogen and oxygen atoms in total. The molecule has 0 bridgehead atoms. The van der Waals surface area contributed by atoms with Crippen LogP contribution in [-0.2, 0) is 21.0 Å². The van der Waals surface area contributed by atoms with Crippen LogP contribution >= 0.6 is 0 Å². The minimum atomic E-state index is -4.47. The van der Waals surface area contributed by atoms with Gasteiger partial charge in [0.05, 0.1) is 6.10 Å². The Hall–Kier alpha value is -1.17. The molecule has 4 atom stereocenters. The van der Waals surface area contributed by atoms with E-state index in [2.05, 4.69) is 45.9 Å². The number of rotatable bonds is 9. The van der Waals surface area contributed by atoms with Crippen LogP contribution in [0.2, 0.25) is 0 Å². The molecule has 5 heteroatoms. The van der Waals surface area contributed by atoms with Gasteiger partial charge in [-0.25, -0.2) is 4.18 Å². The van der Waals surface area contributed by atoms with Crippen molar-refractivity contribution < 1.29 is 17.2 Å². The summed E-state index contributed by atoms with van der Waals surface area (Å²) in [5, 5.41) is 0. The Morgan fingerprint density at radius 1 is 1.13 bits per heavy atom. The lowest BCUT2D eigenvalue weighted by Gasteiger charge is -2.57. The van der Waals surface area contributed by atoms with Crippen LogP contribution in [0.25, 0.3) is 0 Å². The van der Waals surface area contributed by atoms with Crippen molar-refractivity contribution in [3.63, 3.8) is 0 Å². The highest BCUT2D eigenvalue weighted by atomic mass is 32.3. The topological polar surface area (TPSA) is 63.6 Å². The molecule has 0 aromatic heterocycles. The van der Waals surface area contributed by atoms with Gasteiger partial charge in [0.15, 0.2) is 0 Å². The number of benzene rings is 1. The van der Waals surface area contributed by atoms with Crippen LogP contribution in [0.5, 0.6) is 0 Å². The Bertz CT molecular complexity index is 859. The lowest BCUT2D eigenvalue weighted by atomic mass is 9.48. The first kappa shape index (κ1) is 24.5. The molecule has 1 N–H and O–H groups in total. The van der Waals surface area contributed by atoms with E-state index in [1.54, 1.807) is 0 Å². The van der Waals surface area contributed by atoms with Crippen molar-refractivity contribution in [2.24, 2.45) is 22.7 Å². The van der Waals surface area contributed by atoms with E-state index in [1.165, 1.54) is 30.4 Å². The average molecular weight is 449 g/mol. The van der Waals surface area contributed by atoms with Crippen LogP contribution in [0.3, 0.4) is 0 Å². The minimum Gasteiger partial charge on any atom is -0.264 e. The van der Waals surface area contributed by atoms with Crippen LogP contribution in [0.1, 0.15) is 84.6 Å². The molecule has 1 unspecified atom stereocenters. The summed E-state index contributed by atoms with van der Waals surface area (Å²) in [7, 11) is -4.47. The van der Waals surface area contributed by atoms with Gasteiger partial charge in [0.2, 0.25) is 0 Å². The first-order valence-electron chi connectivity index (χ1n) is 11.9. The maximum Gasteiger partial charge on any atom is 0.397 e. The zero-order valence-corrected chi connectivity index (χ0v) is 20.5. The second-order valence-electron chi connectivity index (χ2n) is 10.8. The number of aryl methyl sites for hydroxylation is 1. The standard InChI is InChI=1S/C26H40O4S/c1-20-15-16-24-25(2,3)17-10-18-26(24,4)23(20)19-22(30-31(27,28)29)14-9-8-13-21-11-6-5-7-12-21/h5-7,11-12,15,22-24H,8-10,13-14,16-19H2,1-4H3,(H,27,28,29)/t22?,23-,24-,26+/m0/s1. The van der Waals surface area contributed by atoms with E-state index >= 15 is 0 Å². The fourth-order valence-corrected chi connectivity index (χ4v) is 7.10. The first-order valence-corrected chi connectivity index (χ1v) is 13.2. The minimum absolute atomic E-state index is 0.144. The molecule has 0 amide bonds. The molecule has 0 heterocycles. The van der Waals surface area contributed by atoms with Crippen molar-refractivity contribution in [2.45, 2.75) is 91.6 Å². The number of allylic oxidation sites excluding steroid dienone is 2. The summed E-state index contributed by atoms with van der Waals surface area (Å²) in [5.41, 5.74) is 3.08. The molecule has 1 fully saturated rings. The average Bonchev–Trinajstić information content (AvgIpc) is 2.67. The summed E-state index contributed by atoms with van der Waals surface area (Å²) in [6.07, 6.45) is 10.7. The lowest BCUT2D eigenvalue weighted by molar-refractivity contribution is -0.0483. The van der Waals surface area contributed by atoms with Crippen molar-refractivity contribution in [2.75, 3.05) is 0 Å². The van der Waals surface area contributed by atoms with Gasteiger partial charge in [-0.1, -0.05) is 75.6 Å². The normalized spacial score (nSPS) is 29.1. The molecule has 0 spiro atoms. The zero-order valence-electron chi connectivity index (χ0n) is 19.6. The third kappa shape index (κ3) is 6.21. The predicted octanol–water partition coefficient (Wildman–Crippen LogP) is 6.78. The van der Waals surface area contributed by atoms with Gasteiger partial charge < -0.3 is 0 Å². The maximum atomic E-state index is 11.6. The number of fused-ring (bicyclic) bond motifs is 1. The van der Waals surface area contributed by atoms with Crippen molar-refractivity contribution >= 4 is 10.4 Å². The number of hydrogen-bond acceptors (Lipinski definition) is 3. The highest BCUT2D eigenvalue weighted by molar-refractivity contribution is 7.80. The van der Waals surface area contributed by atoms with Crippen molar-refractivity contribution in [1.82, 2.24) is 0 Å². The zero-order chi connectivity index (χ0) is 22.7. The molecule has 1 aromatic carbocycles. The van der Waals surface area contributed by atoms with Gasteiger partial charge in [-0.15, -0.1) is 0 Å². The molecule has 1 aromatic rings. The molecular weight excluding hydrogens is 408 g/mol. The summed E-state index contributed by atoms with van der Waals surface area (Å²) in [6, 6.07) is 10.3. The summed E-state index contributed by atoms with van der Waals surface area (Å²) in [5.74, 6) is 0.874. The molecule has 1 saturated carbocycles. The van der Waals surface area contributed by atoms with E-state index in [-0.39, 0.29) is 16.7 Å². The number of hydrogen-bond donors (Lipinski definition) is 1. The van der Waals surface area contributed by atoms with Crippen molar-refractivity contribution in [3.05, 3.63) is 47.5 Å². The smallest absolute Gasteiger partial charge is 0.264 e. The summed E-state index contributed by atoms with van der Waals surface area (Å²) in [6.45, 7) is 9.36. The lowest BCUT2D eigenvalue weighted by Crippen LogP contribution is -2.49. The number of unbranched alkanes of at least 4 members (excludes halogenated alkanes) is 1. The van der Waals surface area contributed by atoms with Gasteiger partial charge in [0, 0.05) is 0 Å². The third-order valence-electron chi connectivity index (χ3n) is 8.14. The second kappa shape index (κ2) is 9.76. The molecular formula is C26H40O4S. The van der Waals surface area contributed by atoms with Gasteiger partial charge in [-0.3, -0.25) is 4.55 Å².